The van der Waals surface area contributed by atoms with Crippen LogP contribution in [0.4, 0.5) is 0 Å². The van der Waals surface area contributed by atoms with E-state index in [0.717, 1.165) is 5.92 Å². The number of ether oxygens (including phenoxy) is 2. The van der Waals surface area contributed by atoms with Gasteiger partial charge in [-0.2, -0.15) is 0 Å². The highest BCUT2D eigenvalue weighted by Gasteiger charge is 2.77. The Morgan fingerprint density at radius 3 is 2.52 bits per heavy atom. The Labute approximate surface area is 150 Å². The number of fused-ring (bicyclic) bond motifs is 1. The van der Waals surface area contributed by atoms with Crippen LogP contribution in [0.15, 0.2) is 12.2 Å². The predicted octanol–water partition coefficient (Wildman–Crippen LogP) is 4.03. The molecular weight excluding hydrogens is 316 g/mol. The summed E-state index contributed by atoms with van der Waals surface area (Å²) in [6.45, 7) is 7.20. The van der Waals surface area contributed by atoms with E-state index >= 15 is 0 Å². The molecule has 4 heteroatoms. The molecule has 0 amide bonds. The molecule has 25 heavy (non-hydrogen) atoms. The first kappa shape index (κ1) is 17.1. The first-order chi connectivity index (χ1) is 11.9. The van der Waals surface area contributed by atoms with Crippen LogP contribution in [0.3, 0.4) is 0 Å². The summed E-state index contributed by atoms with van der Waals surface area (Å²) >= 11 is 0. The summed E-state index contributed by atoms with van der Waals surface area (Å²) in [5, 5.41) is 0. The quantitative estimate of drug-likeness (QED) is 0.557. The van der Waals surface area contributed by atoms with Gasteiger partial charge in [0.25, 0.3) is 0 Å². The molecule has 4 aliphatic rings. The lowest BCUT2D eigenvalue weighted by Gasteiger charge is -2.43. The summed E-state index contributed by atoms with van der Waals surface area (Å²) < 4.78 is 11.3. The summed E-state index contributed by atoms with van der Waals surface area (Å²) in [5.74, 6) is 1.37. The highest BCUT2D eigenvalue weighted by atomic mass is 16.6. The lowest BCUT2D eigenvalue weighted by molar-refractivity contribution is -0.184. The lowest BCUT2D eigenvalue weighted by Crippen LogP contribution is -2.49. The molecule has 0 aromatic heterocycles. The molecule has 0 aromatic rings. The summed E-state index contributed by atoms with van der Waals surface area (Å²) in [6, 6.07) is 0. The zero-order valence-electron chi connectivity index (χ0n) is 15.5. The van der Waals surface area contributed by atoms with Crippen LogP contribution >= 0.6 is 0 Å². The molecule has 0 N–H and O–H groups in total. The van der Waals surface area contributed by atoms with E-state index in [1.54, 1.807) is 6.92 Å². The maximum atomic E-state index is 12.6. The zero-order valence-corrected chi connectivity index (χ0v) is 15.5. The van der Waals surface area contributed by atoms with Crippen LogP contribution in [0.2, 0.25) is 0 Å². The monoisotopic (exact) mass is 346 g/mol. The van der Waals surface area contributed by atoms with E-state index in [1.807, 2.05) is 0 Å². The van der Waals surface area contributed by atoms with Crippen molar-refractivity contribution in [1.29, 1.82) is 0 Å². The molecule has 4 fully saturated rings. The van der Waals surface area contributed by atoms with E-state index in [9.17, 15) is 9.59 Å². The van der Waals surface area contributed by atoms with Crippen molar-refractivity contribution in [3.05, 3.63) is 12.2 Å². The van der Waals surface area contributed by atoms with Crippen molar-refractivity contribution in [1.82, 2.24) is 0 Å². The predicted molar refractivity (Wildman–Crippen MR) is 93.6 cm³/mol. The second-order valence-corrected chi connectivity index (χ2v) is 9.23. The lowest BCUT2D eigenvalue weighted by atomic mass is 9.69. The van der Waals surface area contributed by atoms with Crippen molar-refractivity contribution in [3.63, 3.8) is 0 Å². The van der Waals surface area contributed by atoms with Crippen molar-refractivity contribution >= 4 is 11.9 Å². The van der Waals surface area contributed by atoms with Crippen LogP contribution in [0.5, 0.6) is 0 Å². The third-order valence-electron chi connectivity index (χ3n) is 7.42. The fourth-order valence-electron chi connectivity index (χ4n) is 6.69. The van der Waals surface area contributed by atoms with Crippen molar-refractivity contribution in [3.8, 4) is 0 Å². The molecule has 4 nitrogen and oxygen atoms in total. The number of hydrogen-bond donors (Lipinski definition) is 0. The Morgan fingerprint density at radius 2 is 1.84 bits per heavy atom. The minimum absolute atomic E-state index is 0.284. The molecule has 1 spiro atoms. The van der Waals surface area contributed by atoms with Crippen LogP contribution in [0, 0.1) is 29.1 Å². The maximum absolute atomic E-state index is 12.6. The smallest absolute Gasteiger partial charge is 0.344 e. The van der Waals surface area contributed by atoms with Crippen molar-refractivity contribution < 1.29 is 19.1 Å². The Morgan fingerprint density at radius 1 is 1.12 bits per heavy atom. The first-order valence-corrected chi connectivity index (χ1v) is 9.92. The fourth-order valence-corrected chi connectivity index (χ4v) is 6.69. The van der Waals surface area contributed by atoms with Crippen LogP contribution in [-0.4, -0.2) is 24.1 Å². The zero-order chi connectivity index (χ0) is 17.8. The Bertz CT molecular complexity index is 605. The van der Waals surface area contributed by atoms with Crippen molar-refractivity contribution in [2.45, 2.75) is 70.8 Å². The largest absolute Gasteiger partial charge is 0.456 e. The van der Waals surface area contributed by atoms with E-state index in [4.69, 9.17) is 9.47 Å². The van der Waals surface area contributed by atoms with E-state index < -0.39 is 5.97 Å². The van der Waals surface area contributed by atoms with Gasteiger partial charge in [0.2, 0.25) is 0 Å². The highest BCUT2D eigenvalue weighted by Crippen LogP contribution is 2.78. The van der Waals surface area contributed by atoms with Gasteiger partial charge < -0.3 is 9.47 Å². The second-order valence-electron chi connectivity index (χ2n) is 9.23. The normalized spacial score (nSPS) is 41.9. The summed E-state index contributed by atoms with van der Waals surface area (Å²) in [7, 11) is 0. The number of carbonyl (C=O) groups is 2. The van der Waals surface area contributed by atoms with E-state index in [-0.39, 0.29) is 18.2 Å². The number of rotatable bonds is 5. The molecule has 0 saturated heterocycles. The third kappa shape index (κ3) is 2.63. The second kappa shape index (κ2) is 5.85. The van der Waals surface area contributed by atoms with Crippen molar-refractivity contribution in [2.24, 2.45) is 29.1 Å². The van der Waals surface area contributed by atoms with E-state index in [0.29, 0.717) is 28.7 Å². The summed E-state index contributed by atoms with van der Waals surface area (Å²) in [6.07, 6.45) is 9.78. The highest BCUT2D eigenvalue weighted by molar-refractivity contribution is 5.88. The molecule has 5 atom stereocenters. The molecule has 5 unspecified atom stereocenters. The summed E-state index contributed by atoms with van der Waals surface area (Å²) in [5.41, 5.74) is 0.470. The molecule has 2 bridgehead atoms. The maximum Gasteiger partial charge on any atom is 0.344 e. The van der Waals surface area contributed by atoms with Gasteiger partial charge in [-0.15, -0.1) is 0 Å². The summed E-state index contributed by atoms with van der Waals surface area (Å²) in [4.78, 5) is 24.2. The van der Waals surface area contributed by atoms with Gasteiger partial charge in [-0.05, 0) is 62.7 Å². The SMILES string of the molecule is C=C(C)C(=O)OCC(=O)OC1(C2CCCC2)C2CC(C)CC3(C2)CC31. The van der Waals surface area contributed by atoms with Crippen LogP contribution in [-0.2, 0) is 19.1 Å². The molecule has 4 rings (SSSR count). The molecule has 138 valence electrons. The molecule has 4 aliphatic carbocycles. The van der Waals surface area contributed by atoms with Gasteiger partial charge >= 0.3 is 11.9 Å². The van der Waals surface area contributed by atoms with Crippen LogP contribution in [0.25, 0.3) is 0 Å². The standard InChI is InChI=1S/C21H30O4/c1-13(2)19(23)24-12-18(22)25-21(15-6-4-5-7-15)16-8-14(3)9-20(10-16)11-17(20)21/h14-17H,1,4-12H2,2-3H3. The van der Waals surface area contributed by atoms with Crippen LogP contribution in [0.1, 0.15) is 65.2 Å². The molecule has 0 aromatic carbocycles. The van der Waals surface area contributed by atoms with E-state index in [1.165, 1.54) is 51.4 Å². The molecule has 0 aliphatic heterocycles. The average molecular weight is 346 g/mol. The average Bonchev–Trinajstić information content (AvgIpc) is 2.95. The number of esters is 2. The molecular formula is C21H30O4. The topological polar surface area (TPSA) is 52.6 Å². The molecule has 0 radical (unpaired) electrons. The number of carbonyl (C=O) groups excluding carboxylic acids is 2. The van der Waals surface area contributed by atoms with Gasteiger partial charge in [0.15, 0.2) is 6.61 Å². The molecule has 0 heterocycles. The van der Waals surface area contributed by atoms with Crippen LogP contribution < -0.4 is 0 Å². The molecule has 4 saturated carbocycles. The van der Waals surface area contributed by atoms with Gasteiger partial charge in [0.05, 0.1) is 0 Å². The van der Waals surface area contributed by atoms with Gasteiger partial charge in [-0.1, -0.05) is 26.3 Å². The first-order valence-electron chi connectivity index (χ1n) is 9.92. The van der Waals surface area contributed by atoms with E-state index in [2.05, 4.69) is 13.5 Å². The third-order valence-corrected chi connectivity index (χ3v) is 7.42. The van der Waals surface area contributed by atoms with Gasteiger partial charge in [-0.25, -0.2) is 9.59 Å². The van der Waals surface area contributed by atoms with Gasteiger partial charge in [0.1, 0.15) is 5.60 Å². The van der Waals surface area contributed by atoms with Crippen molar-refractivity contribution in [2.75, 3.05) is 6.61 Å². The van der Waals surface area contributed by atoms with Gasteiger partial charge in [-0.3, -0.25) is 0 Å². The Balaban J connectivity index is 1.53. The number of hydrogen-bond acceptors (Lipinski definition) is 4. The Hall–Kier alpha value is -1.32. The minimum atomic E-state index is -0.520. The minimum Gasteiger partial charge on any atom is -0.456 e. The fraction of sp³-hybridized carbons (Fsp3) is 0.810. The Kier molecular flexibility index (Phi) is 4.01. The van der Waals surface area contributed by atoms with Gasteiger partial charge in [0, 0.05) is 17.4 Å².